The third-order valence-electron chi connectivity index (χ3n) is 5.67. The van der Waals surface area contributed by atoms with Crippen LogP contribution in [0, 0.1) is 6.92 Å². The number of hydrogen-bond acceptors (Lipinski definition) is 4. The van der Waals surface area contributed by atoms with Gasteiger partial charge in [0.1, 0.15) is 4.83 Å². The first kappa shape index (κ1) is 20.7. The number of hydrogen-bond donors (Lipinski definition) is 1. The molecule has 4 aromatic rings. The highest BCUT2D eigenvalue weighted by atomic mass is 35.5. The van der Waals surface area contributed by atoms with Crippen LogP contribution < -0.4 is 10.2 Å². The number of thiophene rings is 1. The van der Waals surface area contributed by atoms with Crippen LogP contribution in [0.2, 0.25) is 5.02 Å². The molecule has 3 heterocycles. The zero-order chi connectivity index (χ0) is 22.4. The number of halogens is 1. The van der Waals surface area contributed by atoms with Gasteiger partial charge in [0.05, 0.1) is 28.5 Å². The Morgan fingerprint density at radius 1 is 1.22 bits per heavy atom. The van der Waals surface area contributed by atoms with Crippen molar-refractivity contribution in [2.24, 2.45) is 0 Å². The van der Waals surface area contributed by atoms with E-state index in [0.717, 1.165) is 21.5 Å². The van der Waals surface area contributed by atoms with Crippen LogP contribution in [0.4, 0.5) is 11.4 Å². The van der Waals surface area contributed by atoms with Crippen LogP contribution in [0.3, 0.4) is 0 Å². The number of fused-ring (bicyclic) bond motifs is 2. The van der Waals surface area contributed by atoms with Gasteiger partial charge >= 0.3 is 0 Å². The van der Waals surface area contributed by atoms with E-state index in [1.54, 1.807) is 4.90 Å². The number of carbonyl (C=O) groups is 2. The van der Waals surface area contributed by atoms with E-state index < -0.39 is 0 Å². The van der Waals surface area contributed by atoms with Crippen molar-refractivity contribution in [3.8, 4) is 0 Å². The molecule has 1 atom stereocenters. The fraction of sp³-hybridized carbons (Fsp3) is 0.208. The van der Waals surface area contributed by atoms with Crippen LogP contribution in [0.15, 0.2) is 54.6 Å². The minimum Gasteiger partial charge on any atom is -0.324 e. The molecule has 0 aliphatic carbocycles. The number of aromatic nitrogens is 2. The van der Waals surface area contributed by atoms with E-state index in [2.05, 4.69) is 10.4 Å². The number of anilines is 2. The first-order valence-electron chi connectivity index (χ1n) is 10.3. The molecule has 0 saturated carbocycles. The van der Waals surface area contributed by atoms with E-state index in [0.29, 0.717) is 27.8 Å². The number of carbonyl (C=O) groups excluding carboxylic acids is 2. The van der Waals surface area contributed by atoms with E-state index in [4.69, 9.17) is 11.6 Å². The lowest BCUT2D eigenvalue weighted by molar-refractivity contribution is -0.116. The third-order valence-corrected chi connectivity index (χ3v) is 7.18. The van der Waals surface area contributed by atoms with Crippen LogP contribution >= 0.6 is 22.9 Å². The highest BCUT2D eigenvalue weighted by Crippen LogP contribution is 2.36. The molecular formula is C24H21ClN4O2S. The van der Waals surface area contributed by atoms with E-state index >= 15 is 0 Å². The maximum atomic E-state index is 13.7. The normalized spacial score (nSPS) is 16.0. The number of benzene rings is 2. The maximum Gasteiger partial charge on any atom is 0.268 e. The molecule has 162 valence electrons. The molecule has 8 heteroatoms. The van der Waals surface area contributed by atoms with Gasteiger partial charge in [0.25, 0.3) is 5.91 Å². The Labute approximate surface area is 194 Å². The Hall–Kier alpha value is -3.16. The monoisotopic (exact) mass is 464 g/mol. The summed E-state index contributed by atoms with van der Waals surface area (Å²) in [4.78, 5) is 29.2. The molecule has 0 saturated heterocycles. The van der Waals surface area contributed by atoms with Gasteiger partial charge in [0.2, 0.25) is 5.91 Å². The van der Waals surface area contributed by atoms with Crippen molar-refractivity contribution in [2.75, 3.05) is 10.2 Å². The molecule has 2 amide bonds. The average molecular weight is 465 g/mol. The lowest BCUT2D eigenvalue weighted by Crippen LogP contribution is -2.38. The molecule has 0 fully saturated rings. The lowest BCUT2D eigenvalue weighted by atomic mass is 10.1. The molecule has 1 aliphatic rings. The molecule has 2 aromatic heterocycles. The number of para-hydroxylation sites is 2. The quantitative estimate of drug-likeness (QED) is 0.436. The summed E-state index contributed by atoms with van der Waals surface area (Å²) < 4.78 is 1.90. The van der Waals surface area contributed by atoms with Crippen molar-refractivity contribution in [2.45, 2.75) is 32.9 Å². The zero-order valence-electron chi connectivity index (χ0n) is 17.6. The summed E-state index contributed by atoms with van der Waals surface area (Å²) in [6.07, 6.45) is 0.241. The maximum absolute atomic E-state index is 13.7. The second-order valence-corrected chi connectivity index (χ2v) is 9.40. The van der Waals surface area contributed by atoms with Crippen molar-refractivity contribution in [1.29, 1.82) is 0 Å². The summed E-state index contributed by atoms with van der Waals surface area (Å²) in [6, 6.07) is 16.7. The van der Waals surface area contributed by atoms with Crippen molar-refractivity contribution in [3.05, 3.63) is 75.8 Å². The lowest BCUT2D eigenvalue weighted by Gasteiger charge is -2.27. The molecule has 1 N–H and O–H groups in total. The minimum absolute atomic E-state index is 0.0946. The summed E-state index contributed by atoms with van der Waals surface area (Å²) in [5.74, 6) is -0.214. The van der Waals surface area contributed by atoms with Gasteiger partial charge in [-0.2, -0.15) is 5.10 Å². The summed E-state index contributed by atoms with van der Waals surface area (Å²) in [5.41, 5.74) is 3.20. The fourth-order valence-corrected chi connectivity index (χ4v) is 5.42. The smallest absolute Gasteiger partial charge is 0.268 e. The molecule has 0 radical (unpaired) electrons. The van der Waals surface area contributed by atoms with E-state index in [1.807, 2.05) is 73.1 Å². The summed E-state index contributed by atoms with van der Waals surface area (Å²) in [5, 5.41) is 9.21. The standard InChI is InChI=1S/C24H21ClN4O2S/c1-14-11-22(30)26-19-9-5-6-10-20(19)29(14)23(31)21-12-17-15(2)27-28(24(17)32-21)13-16-7-3-4-8-18(16)25/h3-10,12,14H,11,13H2,1-2H3,(H,26,30)/t14-/m0/s1. The number of nitrogens with one attached hydrogen (secondary N) is 1. The van der Waals surface area contributed by atoms with Crippen molar-refractivity contribution >= 4 is 56.3 Å². The average Bonchev–Trinajstić information content (AvgIpc) is 3.28. The molecule has 32 heavy (non-hydrogen) atoms. The molecule has 1 aliphatic heterocycles. The topological polar surface area (TPSA) is 67.2 Å². The van der Waals surface area contributed by atoms with E-state index in [-0.39, 0.29) is 24.3 Å². The van der Waals surface area contributed by atoms with Gasteiger partial charge in [-0.05, 0) is 43.7 Å². The number of rotatable bonds is 3. The SMILES string of the molecule is Cc1nn(Cc2ccccc2Cl)c2sc(C(=O)N3c4ccccc4NC(=O)C[C@@H]3C)cc12. The second-order valence-electron chi connectivity index (χ2n) is 7.96. The molecular weight excluding hydrogens is 444 g/mol. The van der Waals surface area contributed by atoms with Crippen LogP contribution in [-0.4, -0.2) is 27.6 Å². The number of amides is 2. The predicted octanol–water partition coefficient (Wildman–Crippen LogP) is 5.49. The number of aryl methyl sites for hydroxylation is 1. The first-order chi connectivity index (χ1) is 15.4. The Morgan fingerprint density at radius 3 is 2.78 bits per heavy atom. The molecule has 2 aromatic carbocycles. The van der Waals surface area contributed by atoms with Gasteiger partial charge in [0.15, 0.2) is 0 Å². The molecule has 0 spiro atoms. The Morgan fingerprint density at radius 2 is 1.97 bits per heavy atom. The fourth-order valence-electron chi connectivity index (χ4n) is 4.13. The van der Waals surface area contributed by atoms with Crippen molar-refractivity contribution < 1.29 is 9.59 Å². The predicted molar refractivity (Wildman–Crippen MR) is 129 cm³/mol. The summed E-state index contributed by atoms with van der Waals surface area (Å²) in [6.45, 7) is 4.37. The molecule has 0 bridgehead atoms. The third kappa shape index (κ3) is 3.57. The minimum atomic E-state index is -0.267. The van der Waals surface area contributed by atoms with Gasteiger partial charge in [0, 0.05) is 22.9 Å². The van der Waals surface area contributed by atoms with Gasteiger partial charge in [-0.25, -0.2) is 0 Å². The van der Waals surface area contributed by atoms with Crippen molar-refractivity contribution in [1.82, 2.24) is 9.78 Å². The van der Waals surface area contributed by atoms with Crippen LogP contribution in [0.1, 0.15) is 34.3 Å². The molecule has 6 nitrogen and oxygen atoms in total. The van der Waals surface area contributed by atoms with Gasteiger partial charge < -0.3 is 10.2 Å². The highest BCUT2D eigenvalue weighted by molar-refractivity contribution is 7.20. The van der Waals surface area contributed by atoms with Gasteiger partial charge in [-0.15, -0.1) is 11.3 Å². The molecule has 5 rings (SSSR count). The van der Waals surface area contributed by atoms with Crippen LogP contribution in [0.5, 0.6) is 0 Å². The van der Waals surface area contributed by atoms with Crippen LogP contribution in [0.25, 0.3) is 10.2 Å². The summed E-state index contributed by atoms with van der Waals surface area (Å²) >= 11 is 7.77. The highest BCUT2D eigenvalue weighted by Gasteiger charge is 2.31. The van der Waals surface area contributed by atoms with E-state index in [9.17, 15) is 9.59 Å². The number of nitrogens with zero attached hydrogens (tertiary/aromatic N) is 3. The van der Waals surface area contributed by atoms with E-state index in [1.165, 1.54) is 11.3 Å². The Balaban J connectivity index is 1.55. The largest absolute Gasteiger partial charge is 0.324 e. The van der Waals surface area contributed by atoms with Gasteiger partial charge in [-0.1, -0.05) is 41.9 Å². The Bertz CT molecular complexity index is 1360. The zero-order valence-corrected chi connectivity index (χ0v) is 19.2. The Kier molecular flexibility index (Phi) is 5.23. The van der Waals surface area contributed by atoms with Gasteiger partial charge in [-0.3, -0.25) is 14.3 Å². The van der Waals surface area contributed by atoms with Crippen molar-refractivity contribution in [3.63, 3.8) is 0 Å². The second kappa shape index (κ2) is 8.07. The summed E-state index contributed by atoms with van der Waals surface area (Å²) in [7, 11) is 0. The first-order valence-corrected chi connectivity index (χ1v) is 11.5. The van der Waals surface area contributed by atoms with Crippen LogP contribution in [-0.2, 0) is 11.3 Å². The molecule has 0 unspecified atom stereocenters.